The molecular formula is C21H28F3N5O. The number of anilines is 1. The van der Waals surface area contributed by atoms with Gasteiger partial charge in [-0.05, 0) is 38.3 Å². The van der Waals surface area contributed by atoms with E-state index in [2.05, 4.69) is 21.3 Å². The van der Waals surface area contributed by atoms with Crippen LogP contribution in [-0.2, 0) is 11.0 Å². The maximum atomic E-state index is 12.8. The molecule has 9 heteroatoms. The number of hydrogen-bond donors (Lipinski definition) is 1. The Morgan fingerprint density at radius 3 is 2.50 bits per heavy atom. The molecular weight excluding hydrogens is 395 g/mol. The van der Waals surface area contributed by atoms with Crippen LogP contribution in [0.4, 0.5) is 19.0 Å². The Bertz CT molecular complexity index is 768. The van der Waals surface area contributed by atoms with Gasteiger partial charge in [0.15, 0.2) is 0 Å². The molecule has 1 saturated carbocycles. The maximum absolute atomic E-state index is 12.8. The molecule has 6 nitrogen and oxygen atoms in total. The van der Waals surface area contributed by atoms with E-state index in [1.54, 1.807) is 0 Å². The normalized spacial score (nSPS) is 21.4. The molecule has 1 atom stereocenters. The molecule has 0 aromatic carbocycles. The van der Waals surface area contributed by atoms with Crippen molar-refractivity contribution in [3.05, 3.63) is 23.9 Å². The summed E-state index contributed by atoms with van der Waals surface area (Å²) < 4.78 is 38.2. The van der Waals surface area contributed by atoms with Gasteiger partial charge in [0.05, 0.1) is 17.7 Å². The highest BCUT2D eigenvalue weighted by molar-refractivity contribution is 5.82. The maximum Gasteiger partial charge on any atom is 0.417 e. The Kier molecular flexibility index (Phi) is 6.86. The lowest BCUT2D eigenvalue weighted by Gasteiger charge is -2.34. The molecule has 30 heavy (non-hydrogen) atoms. The zero-order valence-corrected chi connectivity index (χ0v) is 17.2. The van der Waals surface area contributed by atoms with Crippen LogP contribution in [0.25, 0.3) is 0 Å². The minimum atomic E-state index is -4.40. The van der Waals surface area contributed by atoms with Crippen molar-refractivity contribution in [3.8, 4) is 6.07 Å². The van der Waals surface area contributed by atoms with Crippen LogP contribution < -0.4 is 10.2 Å². The number of rotatable bonds is 4. The fourth-order valence-electron chi connectivity index (χ4n) is 4.22. The van der Waals surface area contributed by atoms with E-state index < -0.39 is 17.3 Å². The predicted molar refractivity (Wildman–Crippen MR) is 107 cm³/mol. The number of alkyl halides is 3. The third-order valence-electron chi connectivity index (χ3n) is 6.14. The van der Waals surface area contributed by atoms with Gasteiger partial charge in [0.1, 0.15) is 11.4 Å². The SMILES string of the molecule is CC(C(=O)NC1(C#N)CCCCC1)N1CCCN(c2ccc(C(F)(F)F)cn2)CC1. The van der Waals surface area contributed by atoms with Crippen molar-refractivity contribution in [1.29, 1.82) is 5.26 Å². The molecule has 164 valence electrons. The second-order valence-electron chi connectivity index (χ2n) is 8.20. The lowest BCUT2D eigenvalue weighted by Crippen LogP contribution is -2.55. The fraction of sp³-hybridized carbons (Fsp3) is 0.667. The highest BCUT2D eigenvalue weighted by atomic mass is 19.4. The van der Waals surface area contributed by atoms with Gasteiger partial charge >= 0.3 is 6.18 Å². The summed E-state index contributed by atoms with van der Waals surface area (Å²) in [6.07, 6.45) is 1.59. The van der Waals surface area contributed by atoms with Gasteiger partial charge in [-0.1, -0.05) is 19.3 Å². The summed E-state index contributed by atoms with van der Waals surface area (Å²) in [4.78, 5) is 20.8. The Morgan fingerprint density at radius 1 is 1.17 bits per heavy atom. The Hall–Kier alpha value is -2.34. The molecule has 1 aliphatic carbocycles. The first-order valence-electron chi connectivity index (χ1n) is 10.5. The average molecular weight is 423 g/mol. The van der Waals surface area contributed by atoms with E-state index in [9.17, 15) is 23.2 Å². The van der Waals surface area contributed by atoms with Crippen LogP contribution in [0.5, 0.6) is 0 Å². The van der Waals surface area contributed by atoms with Gasteiger partial charge in [-0.2, -0.15) is 18.4 Å². The number of nitriles is 1. The van der Waals surface area contributed by atoms with Gasteiger partial charge in [-0.15, -0.1) is 0 Å². The van der Waals surface area contributed by atoms with Crippen molar-refractivity contribution in [2.45, 2.75) is 63.2 Å². The summed E-state index contributed by atoms with van der Waals surface area (Å²) in [6.45, 7) is 4.36. The van der Waals surface area contributed by atoms with E-state index in [4.69, 9.17) is 0 Å². The lowest BCUT2D eigenvalue weighted by atomic mass is 9.82. The quantitative estimate of drug-likeness (QED) is 0.804. The molecule has 2 heterocycles. The highest BCUT2D eigenvalue weighted by Gasteiger charge is 2.36. The number of pyridine rings is 1. The molecule has 2 fully saturated rings. The highest BCUT2D eigenvalue weighted by Crippen LogP contribution is 2.30. The number of hydrogen-bond acceptors (Lipinski definition) is 5. The monoisotopic (exact) mass is 423 g/mol. The third-order valence-corrected chi connectivity index (χ3v) is 6.14. The van der Waals surface area contributed by atoms with Crippen LogP contribution in [0.3, 0.4) is 0 Å². The van der Waals surface area contributed by atoms with E-state index >= 15 is 0 Å². The predicted octanol–water partition coefficient (Wildman–Crippen LogP) is 3.34. The number of nitrogens with one attached hydrogen (secondary N) is 1. The molecule has 0 bridgehead atoms. The van der Waals surface area contributed by atoms with Crippen LogP contribution in [0.1, 0.15) is 51.0 Å². The minimum Gasteiger partial charge on any atom is -0.355 e. The number of aromatic nitrogens is 1. The number of carbonyl (C=O) groups is 1. The van der Waals surface area contributed by atoms with Gasteiger partial charge in [-0.25, -0.2) is 4.98 Å². The summed E-state index contributed by atoms with van der Waals surface area (Å²) >= 11 is 0. The van der Waals surface area contributed by atoms with Crippen LogP contribution in [-0.4, -0.2) is 53.6 Å². The zero-order chi connectivity index (χ0) is 21.8. The average Bonchev–Trinajstić information content (AvgIpc) is 2.99. The van der Waals surface area contributed by atoms with E-state index in [0.717, 1.165) is 37.9 Å². The minimum absolute atomic E-state index is 0.139. The lowest BCUT2D eigenvalue weighted by molar-refractivity contribution is -0.137. The molecule has 0 spiro atoms. The first-order valence-corrected chi connectivity index (χ1v) is 10.5. The smallest absolute Gasteiger partial charge is 0.355 e. The summed E-state index contributed by atoms with van der Waals surface area (Å²) in [5.41, 5.74) is -1.52. The van der Waals surface area contributed by atoms with Crippen molar-refractivity contribution in [1.82, 2.24) is 15.2 Å². The number of nitrogens with zero attached hydrogens (tertiary/aromatic N) is 4. The molecule has 1 amide bonds. The van der Waals surface area contributed by atoms with Crippen LogP contribution in [0.15, 0.2) is 18.3 Å². The van der Waals surface area contributed by atoms with E-state index in [1.165, 1.54) is 6.07 Å². The number of carbonyl (C=O) groups excluding carboxylic acids is 1. The van der Waals surface area contributed by atoms with Crippen molar-refractivity contribution in [3.63, 3.8) is 0 Å². The van der Waals surface area contributed by atoms with E-state index in [0.29, 0.717) is 44.8 Å². The van der Waals surface area contributed by atoms with Crippen molar-refractivity contribution in [2.75, 3.05) is 31.1 Å². The summed E-state index contributed by atoms with van der Waals surface area (Å²) in [5, 5.41) is 12.6. The van der Waals surface area contributed by atoms with E-state index in [-0.39, 0.29) is 11.9 Å². The van der Waals surface area contributed by atoms with Gasteiger partial charge < -0.3 is 10.2 Å². The number of halogens is 3. The van der Waals surface area contributed by atoms with Crippen molar-refractivity contribution < 1.29 is 18.0 Å². The van der Waals surface area contributed by atoms with Crippen molar-refractivity contribution in [2.24, 2.45) is 0 Å². The number of amides is 1. The van der Waals surface area contributed by atoms with Gasteiger partial charge in [0.25, 0.3) is 0 Å². The van der Waals surface area contributed by atoms with Crippen LogP contribution in [0, 0.1) is 11.3 Å². The van der Waals surface area contributed by atoms with Gasteiger partial charge in [-0.3, -0.25) is 9.69 Å². The van der Waals surface area contributed by atoms with Crippen LogP contribution >= 0.6 is 0 Å². The Balaban J connectivity index is 1.59. The standard InChI is InChI=1S/C21H28F3N5O/c1-16(19(30)27-20(15-25)8-3-2-4-9-20)28-10-5-11-29(13-12-28)18-7-6-17(14-26-18)21(22,23)24/h6-7,14,16H,2-5,8-13H2,1H3,(H,27,30). The third kappa shape index (κ3) is 5.22. The Morgan fingerprint density at radius 2 is 1.90 bits per heavy atom. The van der Waals surface area contributed by atoms with Gasteiger partial charge in [0.2, 0.25) is 5.91 Å². The molecule has 0 radical (unpaired) electrons. The summed E-state index contributed by atoms with van der Waals surface area (Å²) in [6, 6.07) is 4.38. The molecule has 1 unspecified atom stereocenters. The van der Waals surface area contributed by atoms with Gasteiger partial charge in [0, 0.05) is 32.4 Å². The summed E-state index contributed by atoms with van der Waals surface area (Å²) in [5.74, 6) is 0.368. The molecule has 2 aliphatic rings. The Labute approximate surface area is 175 Å². The molecule has 3 rings (SSSR count). The molecule has 1 aromatic rings. The molecule has 1 aliphatic heterocycles. The molecule has 1 saturated heterocycles. The molecule has 1 N–H and O–H groups in total. The second-order valence-corrected chi connectivity index (χ2v) is 8.20. The molecule has 1 aromatic heterocycles. The van der Waals surface area contributed by atoms with Crippen molar-refractivity contribution >= 4 is 11.7 Å². The first-order chi connectivity index (χ1) is 14.2. The second kappa shape index (κ2) is 9.21. The zero-order valence-electron chi connectivity index (χ0n) is 17.2. The fourth-order valence-corrected chi connectivity index (χ4v) is 4.22. The first kappa shape index (κ1) is 22.3. The topological polar surface area (TPSA) is 72.3 Å². The van der Waals surface area contributed by atoms with E-state index in [1.807, 2.05) is 11.8 Å². The van der Waals surface area contributed by atoms with Crippen LogP contribution in [0.2, 0.25) is 0 Å². The summed E-state index contributed by atoms with van der Waals surface area (Å²) in [7, 11) is 0. The largest absolute Gasteiger partial charge is 0.417 e.